The fourth-order valence-electron chi connectivity index (χ4n) is 1.99. The monoisotopic (exact) mass is 411 g/mol. The van der Waals surface area contributed by atoms with Crippen LogP contribution in [0.5, 0.6) is 0 Å². The zero-order chi connectivity index (χ0) is 16.4. The van der Waals surface area contributed by atoms with Gasteiger partial charge in [-0.3, -0.25) is 9.48 Å². The van der Waals surface area contributed by atoms with Crippen molar-refractivity contribution in [1.82, 2.24) is 15.1 Å². The molecule has 0 saturated carbocycles. The van der Waals surface area contributed by atoms with Crippen LogP contribution >= 0.6 is 38.9 Å². The lowest BCUT2D eigenvalue weighted by Crippen LogP contribution is -2.34. The quantitative estimate of drug-likeness (QED) is 0.800. The molecular formula is C13H13BrClF2N3OS. The zero-order valence-electron chi connectivity index (χ0n) is 11.7. The fourth-order valence-corrected chi connectivity index (χ4v) is 4.20. The highest BCUT2D eigenvalue weighted by Crippen LogP contribution is 2.31. The third-order valence-corrected chi connectivity index (χ3v) is 5.01. The van der Waals surface area contributed by atoms with Crippen LogP contribution in [0.15, 0.2) is 16.0 Å². The van der Waals surface area contributed by atoms with Crippen LogP contribution in [-0.4, -0.2) is 21.7 Å². The molecule has 2 rings (SSSR count). The van der Waals surface area contributed by atoms with Gasteiger partial charge in [-0.25, -0.2) is 8.78 Å². The third-order valence-electron chi connectivity index (χ3n) is 2.91. The summed E-state index contributed by atoms with van der Waals surface area (Å²) < 4.78 is 27.8. The number of carbonyl (C=O) groups excluding carboxylic acids is 1. The summed E-state index contributed by atoms with van der Waals surface area (Å²) in [4.78, 5) is 13.1. The van der Waals surface area contributed by atoms with Crippen LogP contribution in [-0.2, 0) is 13.5 Å². The Bertz CT molecular complexity index is 689. The van der Waals surface area contributed by atoms with Crippen molar-refractivity contribution in [3.63, 3.8) is 0 Å². The van der Waals surface area contributed by atoms with E-state index < -0.39 is 18.0 Å². The van der Waals surface area contributed by atoms with Gasteiger partial charge in [-0.15, -0.1) is 11.3 Å². The summed E-state index contributed by atoms with van der Waals surface area (Å²) in [5, 5.41) is 6.94. The summed E-state index contributed by atoms with van der Waals surface area (Å²) in [6.45, 7) is 1.79. The van der Waals surface area contributed by atoms with E-state index in [1.807, 2.05) is 0 Å². The minimum absolute atomic E-state index is 0.109. The van der Waals surface area contributed by atoms with Gasteiger partial charge in [0.05, 0.1) is 14.4 Å². The highest BCUT2D eigenvalue weighted by Gasteiger charge is 2.23. The standard InChI is InChI=1S/C13H13BrClF2N3OS/c1-6(3-9-8(15)4-10(14)22-9)18-13(21)7-5-20(2)19-11(7)12(16)17/h4-6,12H,3H2,1-2H3,(H,18,21). The molecule has 120 valence electrons. The largest absolute Gasteiger partial charge is 0.349 e. The Morgan fingerprint density at radius 3 is 2.82 bits per heavy atom. The molecule has 9 heteroatoms. The molecule has 0 aromatic carbocycles. The van der Waals surface area contributed by atoms with Crippen molar-refractivity contribution in [3.05, 3.63) is 37.2 Å². The Hall–Kier alpha value is -0.990. The van der Waals surface area contributed by atoms with Gasteiger partial charge in [0.1, 0.15) is 5.69 Å². The van der Waals surface area contributed by atoms with Gasteiger partial charge < -0.3 is 5.32 Å². The second-order valence-electron chi connectivity index (χ2n) is 4.80. The van der Waals surface area contributed by atoms with E-state index in [0.717, 1.165) is 8.66 Å². The molecule has 1 atom stereocenters. The summed E-state index contributed by atoms with van der Waals surface area (Å²) in [5.41, 5.74) is -0.619. The molecule has 2 aromatic heterocycles. The highest BCUT2D eigenvalue weighted by atomic mass is 79.9. The van der Waals surface area contributed by atoms with Gasteiger partial charge in [-0.05, 0) is 28.9 Å². The number of aryl methyl sites for hydroxylation is 1. The maximum absolute atomic E-state index is 12.9. The SMILES string of the molecule is CC(Cc1sc(Br)cc1Cl)NC(=O)c1cn(C)nc1C(F)F. The molecule has 2 aromatic rings. The summed E-state index contributed by atoms with van der Waals surface area (Å²) in [7, 11) is 1.50. The first-order valence-electron chi connectivity index (χ1n) is 6.34. The molecule has 4 nitrogen and oxygen atoms in total. The minimum atomic E-state index is -2.79. The van der Waals surface area contributed by atoms with E-state index in [-0.39, 0.29) is 11.6 Å². The Morgan fingerprint density at radius 2 is 2.27 bits per heavy atom. The highest BCUT2D eigenvalue weighted by molar-refractivity contribution is 9.11. The molecule has 22 heavy (non-hydrogen) atoms. The van der Waals surface area contributed by atoms with Gasteiger partial charge in [0.15, 0.2) is 0 Å². The van der Waals surface area contributed by atoms with Gasteiger partial charge in [-0.1, -0.05) is 11.6 Å². The van der Waals surface area contributed by atoms with Crippen LogP contribution in [0.1, 0.15) is 34.3 Å². The Morgan fingerprint density at radius 1 is 1.59 bits per heavy atom. The Kier molecular flexibility index (Phi) is 5.57. The van der Waals surface area contributed by atoms with Crippen LogP contribution in [0.3, 0.4) is 0 Å². The molecule has 0 fully saturated rings. The molecule has 0 aliphatic rings. The zero-order valence-corrected chi connectivity index (χ0v) is 14.9. The van der Waals surface area contributed by atoms with E-state index >= 15 is 0 Å². The first-order chi connectivity index (χ1) is 10.3. The first-order valence-corrected chi connectivity index (χ1v) is 8.33. The second-order valence-corrected chi connectivity index (χ2v) is 7.73. The van der Waals surface area contributed by atoms with E-state index in [1.165, 1.54) is 29.3 Å². The van der Waals surface area contributed by atoms with Crippen molar-refractivity contribution < 1.29 is 13.6 Å². The maximum atomic E-state index is 12.9. The molecule has 0 aliphatic carbocycles. The van der Waals surface area contributed by atoms with Crippen molar-refractivity contribution in [2.45, 2.75) is 25.8 Å². The maximum Gasteiger partial charge on any atom is 0.282 e. The number of halogens is 4. The lowest BCUT2D eigenvalue weighted by atomic mass is 10.1. The number of amides is 1. The minimum Gasteiger partial charge on any atom is -0.349 e. The molecular weight excluding hydrogens is 400 g/mol. The van der Waals surface area contributed by atoms with E-state index in [4.69, 9.17) is 11.6 Å². The number of alkyl halides is 2. The van der Waals surface area contributed by atoms with Crippen molar-refractivity contribution in [1.29, 1.82) is 0 Å². The molecule has 0 spiro atoms. The van der Waals surface area contributed by atoms with Gasteiger partial charge in [-0.2, -0.15) is 5.10 Å². The number of nitrogens with zero attached hydrogens (tertiary/aromatic N) is 2. The second kappa shape index (κ2) is 7.06. The molecule has 1 unspecified atom stereocenters. The van der Waals surface area contributed by atoms with E-state index in [1.54, 1.807) is 13.0 Å². The molecule has 0 bridgehead atoms. The number of rotatable bonds is 5. The van der Waals surface area contributed by atoms with E-state index in [0.29, 0.717) is 11.4 Å². The normalized spacial score (nSPS) is 12.7. The van der Waals surface area contributed by atoms with Crippen LogP contribution in [0.4, 0.5) is 8.78 Å². The molecule has 2 heterocycles. The smallest absolute Gasteiger partial charge is 0.282 e. The van der Waals surface area contributed by atoms with Gasteiger partial charge in [0, 0.05) is 30.6 Å². The summed E-state index contributed by atoms with van der Waals surface area (Å²) in [6.07, 6.45) is -0.983. The predicted molar refractivity (Wildman–Crippen MR) is 85.8 cm³/mol. The van der Waals surface area contributed by atoms with Crippen LogP contribution in [0.25, 0.3) is 0 Å². The number of hydrogen-bond donors (Lipinski definition) is 1. The molecule has 0 saturated heterocycles. The number of carbonyl (C=O) groups is 1. The summed E-state index contributed by atoms with van der Waals surface area (Å²) in [6, 6.07) is 1.54. The predicted octanol–water partition coefficient (Wildman–Crippen LogP) is 4.20. The van der Waals surface area contributed by atoms with Crippen LogP contribution < -0.4 is 5.32 Å². The van der Waals surface area contributed by atoms with Crippen molar-refractivity contribution in [2.75, 3.05) is 0 Å². The number of hydrogen-bond acceptors (Lipinski definition) is 3. The first kappa shape index (κ1) is 17.4. The Labute approximate surface area is 143 Å². The third kappa shape index (κ3) is 4.05. The summed E-state index contributed by atoms with van der Waals surface area (Å²) >= 11 is 10.9. The van der Waals surface area contributed by atoms with E-state index in [2.05, 4.69) is 26.3 Å². The number of aromatic nitrogens is 2. The van der Waals surface area contributed by atoms with Gasteiger partial charge in [0.2, 0.25) is 0 Å². The topological polar surface area (TPSA) is 46.9 Å². The van der Waals surface area contributed by atoms with Gasteiger partial charge in [0.25, 0.3) is 12.3 Å². The summed E-state index contributed by atoms with van der Waals surface area (Å²) in [5.74, 6) is -0.567. The average Bonchev–Trinajstić information content (AvgIpc) is 2.93. The van der Waals surface area contributed by atoms with Crippen LogP contribution in [0, 0.1) is 0 Å². The lowest BCUT2D eigenvalue weighted by molar-refractivity contribution is 0.0925. The molecule has 1 amide bonds. The van der Waals surface area contributed by atoms with Crippen molar-refractivity contribution in [2.24, 2.45) is 7.05 Å². The molecule has 1 N–H and O–H groups in total. The molecule has 0 radical (unpaired) electrons. The average molecular weight is 413 g/mol. The Balaban J connectivity index is 2.07. The lowest BCUT2D eigenvalue weighted by Gasteiger charge is -2.13. The van der Waals surface area contributed by atoms with Crippen molar-refractivity contribution in [3.8, 4) is 0 Å². The van der Waals surface area contributed by atoms with Crippen molar-refractivity contribution >= 4 is 44.8 Å². The fraction of sp³-hybridized carbons (Fsp3) is 0.385. The number of nitrogens with one attached hydrogen (secondary N) is 1. The van der Waals surface area contributed by atoms with E-state index in [9.17, 15) is 13.6 Å². The number of thiophene rings is 1. The van der Waals surface area contributed by atoms with Crippen LogP contribution in [0.2, 0.25) is 5.02 Å². The molecule has 0 aliphatic heterocycles. The van der Waals surface area contributed by atoms with Gasteiger partial charge >= 0.3 is 0 Å².